The Bertz CT molecular complexity index is 781. The van der Waals surface area contributed by atoms with Crippen LogP contribution in [0.5, 0.6) is 0 Å². The van der Waals surface area contributed by atoms with Crippen molar-refractivity contribution in [2.45, 2.75) is 51.2 Å². The van der Waals surface area contributed by atoms with Gasteiger partial charge in [0.25, 0.3) is 11.8 Å². The molecule has 1 aromatic carbocycles. The number of hydrogen-bond acceptors (Lipinski definition) is 5. The van der Waals surface area contributed by atoms with E-state index in [1.807, 2.05) is 13.0 Å². The molecule has 1 saturated carbocycles. The molecule has 150 valence electrons. The summed E-state index contributed by atoms with van der Waals surface area (Å²) in [6.45, 7) is 2.87. The lowest BCUT2D eigenvalue weighted by molar-refractivity contribution is -0.155. The van der Waals surface area contributed by atoms with E-state index < -0.39 is 36.1 Å². The number of amides is 4. The van der Waals surface area contributed by atoms with Gasteiger partial charge in [-0.2, -0.15) is 0 Å². The zero-order chi connectivity index (χ0) is 20.3. The quantitative estimate of drug-likeness (QED) is 0.594. The average Bonchev–Trinajstić information content (AvgIpc) is 2.90. The van der Waals surface area contributed by atoms with Gasteiger partial charge in [0, 0.05) is 5.69 Å². The van der Waals surface area contributed by atoms with E-state index in [9.17, 15) is 19.2 Å². The summed E-state index contributed by atoms with van der Waals surface area (Å²) >= 11 is 0. The van der Waals surface area contributed by atoms with E-state index in [1.165, 1.54) is 6.92 Å². The maximum absolute atomic E-state index is 12.9. The van der Waals surface area contributed by atoms with E-state index in [-0.39, 0.29) is 11.8 Å². The molecule has 0 radical (unpaired) electrons. The highest BCUT2D eigenvalue weighted by Gasteiger charge is 2.55. The minimum Gasteiger partial charge on any atom is -0.451 e. The zero-order valence-electron chi connectivity index (χ0n) is 16.1. The lowest BCUT2D eigenvalue weighted by Gasteiger charge is -2.36. The summed E-state index contributed by atoms with van der Waals surface area (Å²) in [6, 6.07) is 8.20. The number of ether oxygens (including phenoxy) is 1. The molecule has 1 heterocycles. The van der Waals surface area contributed by atoms with Crippen LogP contribution in [0.1, 0.15) is 39.5 Å². The van der Waals surface area contributed by atoms with Gasteiger partial charge < -0.3 is 15.4 Å². The number of para-hydroxylation sites is 1. The van der Waals surface area contributed by atoms with Crippen LogP contribution >= 0.6 is 0 Å². The van der Waals surface area contributed by atoms with Gasteiger partial charge in [0.15, 0.2) is 6.10 Å². The third-order valence-electron chi connectivity index (χ3n) is 5.51. The lowest BCUT2D eigenvalue weighted by Crippen LogP contribution is -2.54. The molecule has 4 amide bonds. The zero-order valence-corrected chi connectivity index (χ0v) is 16.1. The predicted molar refractivity (Wildman–Crippen MR) is 101 cm³/mol. The van der Waals surface area contributed by atoms with Gasteiger partial charge in [-0.25, -0.2) is 4.79 Å². The Hall–Kier alpha value is -2.90. The molecule has 2 fully saturated rings. The normalized spacial score (nSPS) is 25.4. The molecule has 0 unspecified atom stereocenters. The van der Waals surface area contributed by atoms with Crippen LogP contribution in [0.25, 0.3) is 0 Å². The second kappa shape index (κ2) is 8.00. The summed E-state index contributed by atoms with van der Waals surface area (Å²) in [6.07, 6.45) is 2.23. The topological polar surface area (TPSA) is 105 Å². The summed E-state index contributed by atoms with van der Waals surface area (Å²) in [5.41, 5.74) is -0.343. The van der Waals surface area contributed by atoms with Gasteiger partial charge in [-0.3, -0.25) is 19.3 Å². The molecule has 3 rings (SSSR count). The largest absolute Gasteiger partial charge is 0.451 e. The number of imide groups is 1. The molecular formula is C20H25N3O5. The summed E-state index contributed by atoms with van der Waals surface area (Å²) < 4.78 is 5.12. The number of anilines is 1. The van der Waals surface area contributed by atoms with Gasteiger partial charge in [0.1, 0.15) is 12.1 Å². The fraction of sp³-hybridized carbons (Fsp3) is 0.500. The van der Waals surface area contributed by atoms with Gasteiger partial charge in [0.05, 0.1) is 0 Å². The number of hydrogen-bond donors (Lipinski definition) is 2. The highest BCUT2D eigenvalue weighted by Crippen LogP contribution is 2.38. The van der Waals surface area contributed by atoms with Gasteiger partial charge in [-0.05, 0) is 37.8 Å². The molecule has 8 nitrogen and oxygen atoms in total. The average molecular weight is 387 g/mol. The van der Waals surface area contributed by atoms with Crippen molar-refractivity contribution in [2.24, 2.45) is 5.92 Å². The van der Waals surface area contributed by atoms with Gasteiger partial charge in [0.2, 0.25) is 0 Å². The molecule has 1 saturated heterocycles. The molecule has 0 aromatic heterocycles. The van der Waals surface area contributed by atoms with Crippen LogP contribution in [0.15, 0.2) is 30.3 Å². The Morgan fingerprint density at radius 3 is 2.68 bits per heavy atom. The number of benzene rings is 1. The molecule has 28 heavy (non-hydrogen) atoms. The molecule has 1 spiro atoms. The van der Waals surface area contributed by atoms with Crippen LogP contribution in [0, 0.1) is 5.92 Å². The number of nitrogens with one attached hydrogen (secondary N) is 2. The minimum atomic E-state index is -1.06. The Morgan fingerprint density at radius 1 is 1.29 bits per heavy atom. The number of urea groups is 1. The van der Waals surface area contributed by atoms with E-state index in [1.54, 1.807) is 24.3 Å². The molecule has 3 atom stereocenters. The second-order valence-electron chi connectivity index (χ2n) is 7.43. The summed E-state index contributed by atoms with van der Waals surface area (Å²) in [5, 5.41) is 5.42. The van der Waals surface area contributed by atoms with Crippen molar-refractivity contribution in [1.82, 2.24) is 10.2 Å². The Balaban J connectivity index is 1.57. The highest BCUT2D eigenvalue weighted by atomic mass is 16.5. The van der Waals surface area contributed by atoms with Crippen LogP contribution in [-0.2, 0) is 19.1 Å². The maximum atomic E-state index is 12.9. The van der Waals surface area contributed by atoms with E-state index in [0.717, 1.165) is 24.2 Å². The molecule has 2 aliphatic rings. The molecular weight excluding hydrogens is 362 g/mol. The highest BCUT2D eigenvalue weighted by molar-refractivity contribution is 6.09. The van der Waals surface area contributed by atoms with E-state index in [4.69, 9.17) is 4.74 Å². The van der Waals surface area contributed by atoms with Gasteiger partial charge in [-0.15, -0.1) is 0 Å². The number of rotatable bonds is 5. The first-order valence-electron chi connectivity index (χ1n) is 9.53. The minimum absolute atomic E-state index is 0.00861. The van der Waals surface area contributed by atoms with Crippen molar-refractivity contribution in [3.63, 3.8) is 0 Å². The van der Waals surface area contributed by atoms with Gasteiger partial charge >= 0.3 is 12.0 Å². The first kappa shape index (κ1) is 19.9. The van der Waals surface area contributed by atoms with E-state index in [2.05, 4.69) is 10.6 Å². The van der Waals surface area contributed by atoms with Gasteiger partial charge in [-0.1, -0.05) is 38.0 Å². The summed E-state index contributed by atoms with van der Waals surface area (Å²) in [5.74, 6) is -1.67. The third-order valence-corrected chi connectivity index (χ3v) is 5.51. The lowest BCUT2D eigenvalue weighted by atomic mass is 9.73. The molecule has 8 heteroatoms. The van der Waals surface area contributed by atoms with Crippen molar-refractivity contribution < 1.29 is 23.9 Å². The standard InChI is InChI=1S/C20H25N3O5/c1-13-8-6-7-11-20(13)18(26)23(19(27)22-20)12-16(24)28-14(2)17(25)21-15-9-4-3-5-10-15/h3-5,9-10,13-14H,6-8,11-12H2,1-2H3,(H,21,25)(H,22,27)/t13-,14-,20-/m0/s1. The Morgan fingerprint density at radius 2 is 2.00 bits per heavy atom. The summed E-state index contributed by atoms with van der Waals surface area (Å²) in [4.78, 5) is 50.4. The number of carbonyl (C=O) groups excluding carboxylic acids is 4. The Kier molecular flexibility index (Phi) is 5.67. The monoisotopic (exact) mass is 387 g/mol. The molecule has 1 aliphatic carbocycles. The molecule has 1 aliphatic heterocycles. The van der Waals surface area contributed by atoms with Crippen LogP contribution < -0.4 is 10.6 Å². The third kappa shape index (κ3) is 3.85. The molecule has 0 bridgehead atoms. The van der Waals surface area contributed by atoms with Crippen LogP contribution in [0.4, 0.5) is 10.5 Å². The van der Waals surface area contributed by atoms with Crippen LogP contribution in [0.3, 0.4) is 0 Å². The molecule has 2 N–H and O–H groups in total. The fourth-order valence-electron chi connectivity index (χ4n) is 3.82. The van der Waals surface area contributed by atoms with Crippen molar-refractivity contribution in [1.29, 1.82) is 0 Å². The maximum Gasteiger partial charge on any atom is 0.327 e. The fourth-order valence-corrected chi connectivity index (χ4v) is 3.82. The smallest absolute Gasteiger partial charge is 0.327 e. The van der Waals surface area contributed by atoms with Crippen molar-refractivity contribution in [2.75, 3.05) is 11.9 Å². The Labute approximate surface area is 163 Å². The van der Waals surface area contributed by atoms with E-state index >= 15 is 0 Å². The van der Waals surface area contributed by atoms with Crippen molar-refractivity contribution in [3.05, 3.63) is 30.3 Å². The van der Waals surface area contributed by atoms with Crippen molar-refractivity contribution in [3.8, 4) is 0 Å². The van der Waals surface area contributed by atoms with Crippen LogP contribution in [0.2, 0.25) is 0 Å². The summed E-state index contributed by atoms with van der Waals surface area (Å²) in [7, 11) is 0. The second-order valence-corrected chi connectivity index (χ2v) is 7.43. The SMILES string of the molecule is C[C@H](OC(=O)CN1C(=O)N[C@]2(CCCC[C@@H]2C)C1=O)C(=O)Nc1ccccc1. The first-order chi connectivity index (χ1) is 13.3. The number of carbonyl (C=O) groups is 4. The predicted octanol–water partition coefficient (Wildman–Crippen LogP) is 2.06. The van der Waals surface area contributed by atoms with E-state index in [0.29, 0.717) is 12.1 Å². The first-order valence-corrected chi connectivity index (χ1v) is 9.53. The van der Waals surface area contributed by atoms with Crippen LogP contribution in [-0.4, -0.2) is 46.9 Å². The van der Waals surface area contributed by atoms with Crippen molar-refractivity contribution >= 4 is 29.5 Å². The molecule has 1 aromatic rings. The number of esters is 1. The number of nitrogens with zero attached hydrogens (tertiary/aromatic N) is 1.